The second-order valence-corrected chi connectivity index (χ2v) is 3.05. The second kappa shape index (κ2) is 5.54. The zero-order chi connectivity index (χ0) is 10.4. The van der Waals surface area contributed by atoms with Gasteiger partial charge in [-0.3, -0.25) is 0 Å². The molecule has 14 heavy (non-hydrogen) atoms. The van der Waals surface area contributed by atoms with Gasteiger partial charge < -0.3 is 11.1 Å². The first-order valence-corrected chi connectivity index (χ1v) is 4.63. The van der Waals surface area contributed by atoms with Gasteiger partial charge in [0.05, 0.1) is 0 Å². The van der Waals surface area contributed by atoms with Gasteiger partial charge in [-0.05, 0) is 37.6 Å². The number of nitrogens with two attached hydrogens (primary N) is 1. The van der Waals surface area contributed by atoms with Crippen molar-refractivity contribution in [3.63, 3.8) is 0 Å². The Hall–Kier alpha value is -1.16. The number of hydrogen-bond donors (Lipinski definition) is 2. The fourth-order valence-electron chi connectivity index (χ4n) is 1.11. The zero-order valence-corrected chi connectivity index (χ0v) is 7.89. The van der Waals surface area contributed by atoms with Crippen LogP contribution in [0.25, 0.3) is 0 Å². The van der Waals surface area contributed by atoms with Gasteiger partial charge in [-0.2, -0.15) is 0 Å². The maximum Gasteiger partial charge on any atom is 0.160 e. The number of nitrogens with one attached hydrogen (secondary N) is 1. The van der Waals surface area contributed by atoms with E-state index in [4.69, 9.17) is 5.73 Å². The number of anilines is 1. The van der Waals surface area contributed by atoms with Gasteiger partial charge in [0.25, 0.3) is 0 Å². The van der Waals surface area contributed by atoms with E-state index in [1.54, 1.807) is 0 Å². The summed E-state index contributed by atoms with van der Waals surface area (Å²) in [6, 6.07) is 3.78. The average molecular weight is 200 g/mol. The summed E-state index contributed by atoms with van der Waals surface area (Å²) >= 11 is 0. The normalized spacial score (nSPS) is 10.2. The standard InChI is InChI=1S/C10H14F2N2/c11-9-4-3-8(7-10(9)12)14-6-2-1-5-13/h3-4,7,14H,1-2,5-6,13H2. The predicted octanol–water partition coefficient (Wildman–Crippen LogP) is 2.12. The topological polar surface area (TPSA) is 38.0 Å². The van der Waals surface area contributed by atoms with Gasteiger partial charge in [-0.1, -0.05) is 0 Å². The Balaban J connectivity index is 2.39. The molecule has 0 unspecified atom stereocenters. The molecule has 0 aromatic heterocycles. The number of halogens is 2. The van der Waals surface area contributed by atoms with Gasteiger partial charge >= 0.3 is 0 Å². The molecule has 0 aliphatic rings. The molecule has 0 atom stereocenters. The Morgan fingerprint density at radius 2 is 1.93 bits per heavy atom. The molecule has 0 saturated heterocycles. The molecule has 4 heteroatoms. The SMILES string of the molecule is NCCCCNc1ccc(F)c(F)c1. The highest BCUT2D eigenvalue weighted by Crippen LogP contribution is 2.12. The maximum atomic E-state index is 12.7. The van der Waals surface area contributed by atoms with Crippen LogP contribution in [0.3, 0.4) is 0 Å². The van der Waals surface area contributed by atoms with Crippen LogP contribution < -0.4 is 11.1 Å². The Morgan fingerprint density at radius 1 is 1.14 bits per heavy atom. The molecule has 0 aliphatic carbocycles. The number of unbranched alkanes of at least 4 members (excludes halogenated alkanes) is 1. The molecule has 0 spiro atoms. The van der Waals surface area contributed by atoms with Gasteiger partial charge in [0, 0.05) is 12.2 Å². The van der Waals surface area contributed by atoms with Crippen molar-refractivity contribution in [1.29, 1.82) is 0 Å². The minimum atomic E-state index is -0.825. The Labute approximate surface area is 82.1 Å². The van der Waals surface area contributed by atoms with Gasteiger partial charge in [0.2, 0.25) is 0 Å². The summed E-state index contributed by atoms with van der Waals surface area (Å²) in [5.74, 6) is -1.65. The summed E-state index contributed by atoms with van der Waals surface area (Å²) in [5, 5.41) is 2.99. The molecule has 0 bridgehead atoms. The van der Waals surface area contributed by atoms with E-state index in [1.165, 1.54) is 6.07 Å². The van der Waals surface area contributed by atoms with E-state index in [0.29, 0.717) is 12.2 Å². The minimum Gasteiger partial charge on any atom is -0.385 e. The summed E-state index contributed by atoms with van der Waals surface area (Å²) in [4.78, 5) is 0. The van der Waals surface area contributed by atoms with E-state index in [9.17, 15) is 8.78 Å². The van der Waals surface area contributed by atoms with Crippen molar-refractivity contribution in [2.75, 3.05) is 18.4 Å². The predicted molar refractivity (Wildman–Crippen MR) is 53.1 cm³/mol. The molecule has 0 radical (unpaired) electrons. The first kappa shape index (κ1) is 10.9. The highest BCUT2D eigenvalue weighted by Gasteiger charge is 2.01. The van der Waals surface area contributed by atoms with Crippen molar-refractivity contribution >= 4 is 5.69 Å². The van der Waals surface area contributed by atoms with Crippen LogP contribution in [0, 0.1) is 11.6 Å². The molecule has 3 N–H and O–H groups in total. The molecule has 0 fully saturated rings. The molecule has 78 valence electrons. The quantitative estimate of drug-likeness (QED) is 0.714. The first-order valence-electron chi connectivity index (χ1n) is 4.63. The van der Waals surface area contributed by atoms with Gasteiger partial charge in [0.1, 0.15) is 0 Å². The molecule has 2 nitrogen and oxygen atoms in total. The Bertz CT molecular complexity index is 289. The van der Waals surface area contributed by atoms with E-state index in [1.807, 2.05) is 0 Å². The van der Waals surface area contributed by atoms with E-state index in [2.05, 4.69) is 5.32 Å². The summed E-state index contributed by atoms with van der Waals surface area (Å²) in [6.45, 7) is 1.38. The van der Waals surface area contributed by atoms with E-state index < -0.39 is 11.6 Å². The van der Waals surface area contributed by atoms with Crippen LogP contribution in [0.5, 0.6) is 0 Å². The lowest BCUT2D eigenvalue weighted by Crippen LogP contribution is -2.05. The van der Waals surface area contributed by atoms with Crippen molar-refractivity contribution in [3.8, 4) is 0 Å². The molecule has 1 aromatic carbocycles. The van der Waals surface area contributed by atoms with Crippen LogP contribution in [-0.2, 0) is 0 Å². The van der Waals surface area contributed by atoms with E-state index >= 15 is 0 Å². The molecule has 0 heterocycles. The van der Waals surface area contributed by atoms with Gasteiger partial charge in [-0.15, -0.1) is 0 Å². The van der Waals surface area contributed by atoms with Crippen molar-refractivity contribution in [2.45, 2.75) is 12.8 Å². The lowest BCUT2D eigenvalue weighted by Gasteiger charge is -2.05. The van der Waals surface area contributed by atoms with E-state index in [0.717, 1.165) is 31.5 Å². The second-order valence-electron chi connectivity index (χ2n) is 3.05. The summed E-state index contributed by atoms with van der Waals surface area (Å²) in [6.07, 6.45) is 1.85. The number of benzene rings is 1. The van der Waals surface area contributed by atoms with Crippen molar-refractivity contribution in [1.82, 2.24) is 0 Å². The third-order valence-electron chi connectivity index (χ3n) is 1.88. The molecule has 0 amide bonds. The molecule has 1 aromatic rings. The van der Waals surface area contributed by atoms with Crippen LogP contribution in [0.2, 0.25) is 0 Å². The monoisotopic (exact) mass is 200 g/mol. The van der Waals surface area contributed by atoms with E-state index in [-0.39, 0.29) is 0 Å². The van der Waals surface area contributed by atoms with Crippen molar-refractivity contribution in [2.24, 2.45) is 5.73 Å². The molecule has 0 saturated carbocycles. The zero-order valence-electron chi connectivity index (χ0n) is 7.89. The lowest BCUT2D eigenvalue weighted by molar-refractivity contribution is 0.509. The summed E-state index contributed by atoms with van der Waals surface area (Å²) in [5.41, 5.74) is 5.91. The van der Waals surface area contributed by atoms with Crippen molar-refractivity contribution in [3.05, 3.63) is 29.8 Å². The minimum absolute atomic E-state index is 0.598. The number of hydrogen-bond acceptors (Lipinski definition) is 2. The molecule has 0 aliphatic heterocycles. The highest BCUT2D eigenvalue weighted by atomic mass is 19.2. The average Bonchev–Trinajstić information content (AvgIpc) is 2.18. The van der Waals surface area contributed by atoms with Crippen molar-refractivity contribution < 1.29 is 8.78 Å². The third-order valence-corrected chi connectivity index (χ3v) is 1.88. The largest absolute Gasteiger partial charge is 0.385 e. The fourth-order valence-corrected chi connectivity index (χ4v) is 1.11. The summed E-state index contributed by atoms with van der Waals surface area (Å²) < 4.78 is 25.2. The Kier molecular flexibility index (Phi) is 4.32. The molecular formula is C10H14F2N2. The maximum absolute atomic E-state index is 12.7. The van der Waals surface area contributed by atoms with Crippen LogP contribution in [0.15, 0.2) is 18.2 Å². The molecule has 1 rings (SSSR count). The lowest BCUT2D eigenvalue weighted by atomic mass is 10.2. The van der Waals surface area contributed by atoms with Crippen LogP contribution >= 0.6 is 0 Å². The van der Waals surface area contributed by atoms with Crippen LogP contribution in [0.1, 0.15) is 12.8 Å². The third kappa shape index (κ3) is 3.30. The summed E-state index contributed by atoms with van der Waals surface area (Å²) in [7, 11) is 0. The smallest absolute Gasteiger partial charge is 0.160 e. The first-order chi connectivity index (χ1) is 6.74. The fraction of sp³-hybridized carbons (Fsp3) is 0.400. The number of rotatable bonds is 5. The van der Waals surface area contributed by atoms with Gasteiger partial charge in [0.15, 0.2) is 11.6 Å². The van der Waals surface area contributed by atoms with Crippen LogP contribution in [0.4, 0.5) is 14.5 Å². The van der Waals surface area contributed by atoms with Crippen LogP contribution in [-0.4, -0.2) is 13.1 Å². The molecular weight excluding hydrogens is 186 g/mol. The highest BCUT2D eigenvalue weighted by molar-refractivity contribution is 5.43. The Morgan fingerprint density at radius 3 is 2.57 bits per heavy atom. The van der Waals surface area contributed by atoms with Gasteiger partial charge in [-0.25, -0.2) is 8.78 Å².